The Labute approximate surface area is 222 Å². The molecular weight excluding hydrogens is 559 g/mol. The summed E-state index contributed by atoms with van der Waals surface area (Å²) in [6.07, 6.45) is 5.58. The van der Waals surface area contributed by atoms with Gasteiger partial charge in [0, 0.05) is 31.5 Å². The van der Waals surface area contributed by atoms with Crippen LogP contribution in [0.1, 0.15) is 52.4 Å². The Morgan fingerprint density at radius 2 is 2.06 bits per heavy atom. The predicted molar refractivity (Wildman–Crippen MR) is 146 cm³/mol. The van der Waals surface area contributed by atoms with E-state index in [0.29, 0.717) is 30.2 Å². The van der Waals surface area contributed by atoms with Crippen LogP contribution < -0.4 is 10.1 Å². The van der Waals surface area contributed by atoms with Crippen LogP contribution in [0.4, 0.5) is 0 Å². The first-order valence-corrected chi connectivity index (χ1v) is 13.5. The normalized spacial score (nSPS) is 19.7. The molecule has 194 valence electrons. The largest absolute Gasteiger partial charge is 0.482 e. The van der Waals surface area contributed by atoms with Gasteiger partial charge in [-0.05, 0) is 72.4 Å². The summed E-state index contributed by atoms with van der Waals surface area (Å²) in [4.78, 5) is 27.9. The Morgan fingerprint density at radius 3 is 2.71 bits per heavy atom. The van der Waals surface area contributed by atoms with Gasteiger partial charge in [0.25, 0.3) is 0 Å². The summed E-state index contributed by atoms with van der Waals surface area (Å²) in [6.45, 7) is 8.39. The number of unbranched alkanes of at least 4 members (excludes halogenated alkanes) is 2. The number of nitrogens with one attached hydrogen (secondary N) is 1. The van der Waals surface area contributed by atoms with Crippen molar-refractivity contribution in [3.05, 3.63) is 52.1 Å². The van der Waals surface area contributed by atoms with Crippen molar-refractivity contribution in [1.29, 1.82) is 0 Å². The zero-order chi connectivity index (χ0) is 25.8. The van der Waals surface area contributed by atoms with Crippen molar-refractivity contribution in [2.75, 3.05) is 19.7 Å². The zero-order valence-electron chi connectivity index (χ0n) is 20.8. The molecule has 1 aliphatic rings. The minimum absolute atomic E-state index is 0.0242. The van der Waals surface area contributed by atoms with Crippen molar-refractivity contribution < 1.29 is 24.5 Å². The van der Waals surface area contributed by atoms with Crippen LogP contribution in [0.5, 0.6) is 5.75 Å². The highest BCUT2D eigenvalue weighted by atomic mass is 127. The van der Waals surface area contributed by atoms with Crippen LogP contribution in [0.15, 0.2) is 48.6 Å². The van der Waals surface area contributed by atoms with E-state index >= 15 is 0 Å². The summed E-state index contributed by atoms with van der Waals surface area (Å²) in [5.41, 5.74) is 0.443. The first kappa shape index (κ1) is 29.3. The van der Waals surface area contributed by atoms with Crippen molar-refractivity contribution in [2.24, 2.45) is 5.92 Å². The first-order valence-electron chi connectivity index (χ1n) is 12.4. The molecular formula is C27H39IN2O5. The minimum Gasteiger partial charge on any atom is -0.482 e. The summed E-state index contributed by atoms with van der Waals surface area (Å²) < 4.78 is 7.05. The molecule has 1 aromatic carbocycles. The topological polar surface area (TPSA) is 99.1 Å². The van der Waals surface area contributed by atoms with E-state index in [9.17, 15) is 14.7 Å². The van der Waals surface area contributed by atoms with E-state index in [1.807, 2.05) is 30.3 Å². The van der Waals surface area contributed by atoms with Gasteiger partial charge in [0.2, 0.25) is 11.8 Å². The van der Waals surface area contributed by atoms with Gasteiger partial charge >= 0.3 is 0 Å². The van der Waals surface area contributed by atoms with Gasteiger partial charge in [-0.1, -0.05) is 32.1 Å². The van der Waals surface area contributed by atoms with Crippen molar-refractivity contribution in [1.82, 2.24) is 10.2 Å². The number of allylic oxidation sites excluding steroid dienone is 1. The molecule has 1 aromatic rings. The maximum Gasteiger partial charge on any atom is 0.247 e. The van der Waals surface area contributed by atoms with E-state index in [2.05, 4.69) is 48.3 Å². The second-order valence-electron chi connectivity index (χ2n) is 9.25. The SMILES string of the molecule is C=CCCCCC(=O)N(CCC(C)C)C1CC(C(=O)NCCO)=CC(Oc2ccccc2I)C1O. The van der Waals surface area contributed by atoms with Gasteiger partial charge in [-0.2, -0.15) is 0 Å². The molecule has 0 radical (unpaired) electrons. The van der Waals surface area contributed by atoms with Crippen molar-refractivity contribution in [3.8, 4) is 5.75 Å². The van der Waals surface area contributed by atoms with Gasteiger partial charge in [-0.25, -0.2) is 0 Å². The minimum atomic E-state index is -0.996. The second-order valence-corrected chi connectivity index (χ2v) is 10.4. The van der Waals surface area contributed by atoms with E-state index in [0.717, 1.165) is 29.3 Å². The van der Waals surface area contributed by atoms with Gasteiger partial charge in [-0.3, -0.25) is 9.59 Å². The number of para-hydroxylation sites is 1. The van der Waals surface area contributed by atoms with Gasteiger partial charge in [-0.15, -0.1) is 6.58 Å². The van der Waals surface area contributed by atoms with E-state index < -0.39 is 18.2 Å². The molecule has 0 aromatic heterocycles. The van der Waals surface area contributed by atoms with Crippen molar-refractivity contribution >= 4 is 34.4 Å². The standard InChI is InChI=1S/C27H39IN2O5/c1-4-5-6-7-12-25(32)30(15-13-19(2)3)22-17-20(27(34)29-14-16-31)18-24(26(22)33)35-23-11-9-8-10-21(23)28/h4,8-11,18-19,22,24,26,31,33H,1,5-7,12-17H2,2-3H3,(H,29,34). The highest BCUT2D eigenvalue weighted by Crippen LogP contribution is 2.30. The fourth-order valence-corrected chi connectivity index (χ4v) is 4.56. The van der Waals surface area contributed by atoms with E-state index in [-0.39, 0.29) is 31.4 Å². The van der Waals surface area contributed by atoms with Crippen LogP contribution in [0.2, 0.25) is 0 Å². The summed E-state index contributed by atoms with van der Waals surface area (Å²) in [5, 5.41) is 23.2. The highest BCUT2D eigenvalue weighted by Gasteiger charge is 2.40. The van der Waals surface area contributed by atoms with Crippen molar-refractivity contribution in [2.45, 2.75) is 70.6 Å². The molecule has 2 amide bonds. The quantitative estimate of drug-likeness (QED) is 0.172. The Hall–Kier alpha value is -1.91. The molecule has 0 aliphatic heterocycles. The average Bonchev–Trinajstić information content (AvgIpc) is 2.83. The van der Waals surface area contributed by atoms with Gasteiger partial charge in [0.05, 0.1) is 16.2 Å². The maximum atomic E-state index is 13.3. The molecule has 0 fully saturated rings. The number of aliphatic hydroxyl groups is 2. The molecule has 3 N–H and O–H groups in total. The zero-order valence-corrected chi connectivity index (χ0v) is 22.9. The number of rotatable bonds is 14. The van der Waals surface area contributed by atoms with E-state index in [4.69, 9.17) is 9.84 Å². The number of benzene rings is 1. The van der Waals surface area contributed by atoms with Gasteiger partial charge in [0.15, 0.2) is 0 Å². The average molecular weight is 599 g/mol. The third-order valence-electron chi connectivity index (χ3n) is 6.03. The Morgan fingerprint density at radius 1 is 1.31 bits per heavy atom. The van der Waals surface area contributed by atoms with Crippen LogP contribution in [0.3, 0.4) is 0 Å². The third kappa shape index (κ3) is 9.24. The number of hydrogen-bond acceptors (Lipinski definition) is 5. The highest BCUT2D eigenvalue weighted by molar-refractivity contribution is 14.1. The smallest absolute Gasteiger partial charge is 0.247 e. The number of nitrogens with zero attached hydrogens (tertiary/aromatic N) is 1. The number of amides is 2. The molecule has 0 saturated carbocycles. The second kappa shape index (κ2) is 15.3. The number of aliphatic hydroxyl groups excluding tert-OH is 2. The van der Waals surface area contributed by atoms with Crippen LogP contribution in [-0.2, 0) is 9.59 Å². The third-order valence-corrected chi connectivity index (χ3v) is 6.92. The van der Waals surface area contributed by atoms with E-state index in [1.165, 1.54) is 0 Å². The first-order chi connectivity index (χ1) is 16.8. The molecule has 7 nitrogen and oxygen atoms in total. The number of ether oxygens (including phenoxy) is 1. The number of halogens is 1. The number of carbonyl (C=O) groups is 2. The number of hydrogen-bond donors (Lipinski definition) is 3. The molecule has 3 atom stereocenters. The lowest BCUT2D eigenvalue weighted by atomic mass is 9.87. The number of carbonyl (C=O) groups excluding carboxylic acids is 2. The Kier molecular flexibility index (Phi) is 12.8. The summed E-state index contributed by atoms with van der Waals surface area (Å²) >= 11 is 2.17. The Bertz CT molecular complexity index is 873. The Balaban J connectivity index is 2.34. The molecule has 0 saturated heterocycles. The molecule has 35 heavy (non-hydrogen) atoms. The van der Waals surface area contributed by atoms with Crippen LogP contribution >= 0.6 is 22.6 Å². The molecule has 8 heteroatoms. The lowest BCUT2D eigenvalue weighted by Crippen LogP contribution is -2.55. The summed E-state index contributed by atoms with van der Waals surface area (Å²) in [6, 6.07) is 6.88. The summed E-state index contributed by atoms with van der Waals surface area (Å²) in [7, 11) is 0. The van der Waals surface area contributed by atoms with Crippen LogP contribution in [0.25, 0.3) is 0 Å². The fraction of sp³-hybridized carbons (Fsp3) is 0.556. The summed E-state index contributed by atoms with van der Waals surface area (Å²) in [5.74, 6) is 0.639. The molecule has 1 aliphatic carbocycles. The molecule has 0 spiro atoms. The maximum absolute atomic E-state index is 13.3. The fourth-order valence-electron chi connectivity index (χ4n) is 4.05. The lowest BCUT2D eigenvalue weighted by molar-refractivity contribution is -0.139. The van der Waals surface area contributed by atoms with Gasteiger partial charge in [0.1, 0.15) is 18.0 Å². The van der Waals surface area contributed by atoms with Gasteiger partial charge < -0.3 is 25.2 Å². The van der Waals surface area contributed by atoms with E-state index in [1.54, 1.807) is 11.0 Å². The monoisotopic (exact) mass is 598 g/mol. The van der Waals surface area contributed by atoms with Crippen LogP contribution in [0, 0.1) is 9.49 Å². The predicted octanol–water partition coefficient (Wildman–Crippen LogP) is 3.83. The molecule has 0 heterocycles. The van der Waals surface area contributed by atoms with Crippen molar-refractivity contribution in [3.63, 3.8) is 0 Å². The molecule has 2 rings (SSSR count). The van der Waals surface area contributed by atoms with Crippen LogP contribution in [-0.4, -0.2) is 64.9 Å². The molecule has 3 unspecified atom stereocenters. The lowest BCUT2D eigenvalue weighted by Gasteiger charge is -2.41. The molecule has 0 bridgehead atoms.